The number of hydrogen-bond donors (Lipinski definition) is 3. The van der Waals surface area contributed by atoms with Gasteiger partial charge in [0.25, 0.3) is 0 Å². The summed E-state index contributed by atoms with van der Waals surface area (Å²) in [5.74, 6) is 3.37. The van der Waals surface area contributed by atoms with Crippen molar-refractivity contribution < 1.29 is 41.0 Å². The number of rotatable bonds is 8. The Morgan fingerprint density at radius 1 is 1.07 bits per heavy atom. The number of nitrogens with one attached hydrogen (secondary N) is 1. The minimum atomic E-state index is -5.08. The Morgan fingerprint density at radius 2 is 1.70 bits per heavy atom. The smallest absolute Gasteiger partial charge is 0.475 e. The van der Waals surface area contributed by atoms with Gasteiger partial charge in [0.15, 0.2) is 0 Å². The van der Waals surface area contributed by atoms with Crippen LogP contribution in [0.15, 0.2) is 88.9 Å². The highest BCUT2D eigenvalue weighted by molar-refractivity contribution is 7.89. The van der Waals surface area contributed by atoms with Crippen molar-refractivity contribution in [2.75, 3.05) is 6.54 Å². The van der Waals surface area contributed by atoms with Gasteiger partial charge >= 0.3 is 12.1 Å². The normalized spacial score (nSPS) is 15.5. The number of para-hydroxylation sites is 1. The Morgan fingerprint density at radius 3 is 2.30 bits per heavy atom. The first-order valence-corrected chi connectivity index (χ1v) is 13.1. The minimum Gasteiger partial charge on any atom is -0.475 e. The minimum absolute atomic E-state index is 0.0722. The highest BCUT2D eigenvalue weighted by Gasteiger charge is 2.38. The summed E-state index contributed by atoms with van der Waals surface area (Å²) in [5.41, 5.74) is 1.75. The average molecular weight is 579 g/mol. The lowest BCUT2D eigenvalue weighted by atomic mass is 10.1. The van der Waals surface area contributed by atoms with Crippen LogP contribution in [0.5, 0.6) is 11.5 Å². The third-order valence-corrected chi connectivity index (χ3v) is 6.99. The van der Waals surface area contributed by atoms with Gasteiger partial charge in [-0.25, -0.2) is 13.2 Å². The molecular weight excluding hydrogens is 553 g/mol. The van der Waals surface area contributed by atoms with Crippen LogP contribution >= 0.6 is 0 Å². The molecule has 1 aliphatic heterocycles. The van der Waals surface area contributed by atoms with Crippen molar-refractivity contribution in [1.29, 1.82) is 0 Å². The number of aliphatic carboxylic acids is 1. The molecule has 1 aliphatic rings. The zero-order chi connectivity index (χ0) is 29.3. The van der Waals surface area contributed by atoms with Gasteiger partial charge in [0.1, 0.15) is 17.5 Å². The number of hydrogen-bond acceptors (Lipinski definition) is 7. The zero-order valence-electron chi connectivity index (χ0n) is 20.8. The number of sulfonamides is 1. The number of carbonyl (C=O) groups excluding carboxylic acids is 1. The first-order chi connectivity index (χ1) is 18.9. The van der Waals surface area contributed by atoms with Crippen molar-refractivity contribution in [3.05, 3.63) is 90.0 Å². The number of alkyl halides is 3. The number of ether oxygens (including phenoxy) is 1. The molecule has 0 bridgehead atoms. The van der Waals surface area contributed by atoms with Crippen LogP contribution in [-0.4, -0.2) is 55.3 Å². The van der Waals surface area contributed by atoms with Crippen LogP contribution in [0.4, 0.5) is 13.2 Å². The molecule has 0 aromatic heterocycles. The van der Waals surface area contributed by atoms with Crippen LogP contribution in [0.2, 0.25) is 0 Å². The largest absolute Gasteiger partial charge is 0.490 e. The summed E-state index contributed by atoms with van der Waals surface area (Å²) in [6.45, 7) is 0.847. The number of amides is 1. The number of nitrogens with two attached hydrogens (primary N) is 1. The van der Waals surface area contributed by atoms with E-state index in [9.17, 15) is 26.4 Å². The Hall–Kier alpha value is -4.43. The number of carbonyl (C=O) groups is 2. The lowest BCUT2D eigenvalue weighted by Gasteiger charge is -2.17. The van der Waals surface area contributed by atoms with Crippen LogP contribution in [0, 0.1) is 0 Å². The molecule has 1 heterocycles. The van der Waals surface area contributed by atoms with Gasteiger partial charge in [-0.2, -0.15) is 23.0 Å². The monoisotopic (exact) mass is 578 g/mol. The van der Waals surface area contributed by atoms with Gasteiger partial charge < -0.3 is 20.6 Å². The maximum atomic E-state index is 12.8. The summed E-state index contributed by atoms with van der Waals surface area (Å²) < 4.78 is 65.6. The van der Waals surface area contributed by atoms with E-state index in [2.05, 4.69) is 9.82 Å². The molecule has 40 heavy (non-hydrogen) atoms. The molecule has 0 spiro atoms. The summed E-state index contributed by atoms with van der Waals surface area (Å²) in [6.07, 6.45) is -3.15. The van der Waals surface area contributed by atoms with Gasteiger partial charge in [0.05, 0.1) is 11.1 Å². The second-order valence-corrected chi connectivity index (χ2v) is 10.1. The predicted octanol–water partition coefficient (Wildman–Crippen LogP) is 3.48. The molecule has 14 heteroatoms. The SMILES string of the molecule is NN=Cc1cccc(CN2CC[C@H](NS(=O)(=O)c3ccc(Oc4ccccc4)cc3)C2=O)c1.O=C(O)C(F)(F)F. The molecule has 3 aromatic rings. The summed E-state index contributed by atoms with van der Waals surface area (Å²) in [5, 5.41) is 10.6. The number of carboxylic acids is 1. The number of halogens is 3. The van der Waals surface area contributed by atoms with E-state index in [1.807, 2.05) is 54.6 Å². The summed E-state index contributed by atoms with van der Waals surface area (Å²) in [4.78, 5) is 23.4. The number of nitrogens with zero attached hydrogens (tertiary/aromatic N) is 2. The third-order valence-electron chi connectivity index (χ3n) is 5.50. The fourth-order valence-corrected chi connectivity index (χ4v) is 4.87. The van der Waals surface area contributed by atoms with Crippen molar-refractivity contribution in [2.45, 2.75) is 30.1 Å². The highest BCUT2D eigenvalue weighted by atomic mass is 32.2. The Kier molecular flexibility index (Phi) is 9.85. The van der Waals surface area contributed by atoms with Crippen LogP contribution in [-0.2, 0) is 26.2 Å². The van der Waals surface area contributed by atoms with E-state index < -0.39 is 28.2 Å². The maximum Gasteiger partial charge on any atom is 0.490 e. The van der Waals surface area contributed by atoms with Gasteiger partial charge in [-0.1, -0.05) is 36.4 Å². The first-order valence-electron chi connectivity index (χ1n) is 11.7. The molecule has 0 saturated carbocycles. The van der Waals surface area contributed by atoms with E-state index in [-0.39, 0.29) is 10.8 Å². The van der Waals surface area contributed by atoms with Crippen molar-refractivity contribution >= 4 is 28.1 Å². The summed E-state index contributed by atoms with van der Waals surface area (Å²) in [6, 6.07) is 22.0. The van der Waals surface area contributed by atoms with E-state index in [4.69, 9.17) is 20.5 Å². The molecule has 10 nitrogen and oxygen atoms in total. The van der Waals surface area contributed by atoms with Gasteiger partial charge in [0.2, 0.25) is 15.9 Å². The fraction of sp³-hybridized carbons (Fsp3) is 0.192. The molecule has 0 aliphatic carbocycles. The number of benzene rings is 3. The second-order valence-electron chi connectivity index (χ2n) is 8.43. The van der Waals surface area contributed by atoms with E-state index in [0.29, 0.717) is 31.0 Å². The Labute approximate surface area is 227 Å². The number of hydrazone groups is 1. The Bertz CT molecular complexity index is 1450. The van der Waals surface area contributed by atoms with E-state index in [1.54, 1.807) is 17.0 Å². The lowest BCUT2D eigenvalue weighted by Crippen LogP contribution is -2.41. The fourth-order valence-electron chi connectivity index (χ4n) is 3.65. The second kappa shape index (κ2) is 13.1. The van der Waals surface area contributed by atoms with Gasteiger partial charge in [-0.15, -0.1) is 0 Å². The summed E-state index contributed by atoms with van der Waals surface area (Å²) >= 11 is 0. The van der Waals surface area contributed by atoms with Crippen molar-refractivity contribution in [3.8, 4) is 11.5 Å². The highest BCUT2D eigenvalue weighted by Crippen LogP contribution is 2.24. The molecular formula is C26H25F3N4O6S. The molecule has 4 rings (SSSR count). The van der Waals surface area contributed by atoms with Crippen molar-refractivity contribution in [3.63, 3.8) is 0 Å². The molecule has 1 amide bonds. The van der Waals surface area contributed by atoms with Crippen molar-refractivity contribution in [1.82, 2.24) is 9.62 Å². The van der Waals surface area contributed by atoms with Gasteiger partial charge in [-0.05, 0) is 60.0 Å². The van der Waals surface area contributed by atoms with E-state index in [0.717, 1.165) is 11.1 Å². The Balaban J connectivity index is 0.000000559. The molecule has 4 N–H and O–H groups in total. The standard InChI is InChI=1S/C24H24N4O4S.C2HF3O2/c25-26-16-18-5-4-6-19(15-18)17-28-14-13-23(24(28)29)27-33(30,31)22-11-9-21(10-12-22)32-20-7-2-1-3-8-20;3-2(4,5)1(6)7/h1-12,15-16,23,27H,13-14,17,25H2;(H,6,7)/t23-;/m0./s1. The van der Waals surface area contributed by atoms with Crippen LogP contribution in [0.1, 0.15) is 17.5 Å². The van der Waals surface area contributed by atoms with Crippen LogP contribution < -0.4 is 15.3 Å². The van der Waals surface area contributed by atoms with E-state index >= 15 is 0 Å². The van der Waals surface area contributed by atoms with Gasteiger partial charge in [-0.3, -0.25) is 4.79 Å². The predicted molar refractivity (Wildman–Crippen MR) is 139 cm³/mol. The van der Waals surface area contributed by atoms with E-state index in [1.165, 1.54) is 18.3 Å². The molecule has 1 fully saturated rings. The van der Waals surface area contributed by atoms with Crippen LogP contribution in [0.25, 0.3) is 0 Å². The van der Waals surface area contributed by atoms with Crippen molar-refractivity contribution in [2.24, 2.45) is 10.9 Å². The first kappa shape index (κ1) is 30.1. The number of likely N-dealkylation sites (tertiary alicyclic amines) is 1. The molecule has 0 unspecified atom stereocenters. The molecule has 0 radical (unpaired) electrons. The molecule has 3 aromatic carbocycles. The third kappa shape index (κ3) is 8.54. The topological polar surface area (TPSA) is 151 Å². The zero-order valence-corrected chi connectivity index (χ0v) is 21.6. The summed E-state index contributed by atoms with van der Waals surface area (Å²) in [7, 11) is -3.86. The molecule has 1 saturated heterocycles. The van der Waals surface area contributed by atoms with Gasteiger partial charge in [0, 0.05) is 13.1 Å². The molecule has 1 atom stereocenters. The maximum absolute atomic E-state index is 12.8. The molecule has 212 valence electrons. The van der Waals surface area contributed by atoms with Crippen LogP contribution in [0.3, 0.4) is 0 Å². The lowest BCUT2D eigenvalue weighted by molar-refractivity contribution is -0.192. The average Bonchev–Trinajstić information content (AvgIpc) is 3.23. The number of carboxylic acid groups (broad SMARTS) is 1. The quantitative estimate of drug-likeness (QED) is 0.210.